The standard InChI is InChI=1S/C23H23ClN2O2/c1-22(2,3)23(27,15-26-12-4-11-25-26)21-14-18-13-17(7-10-20(18)28-21)16-5-8-19(24)9-6-16/h4-14,27H,15H2,1-3H3. The number of hydrogen-bond acceptors (Lipinski definition) is 3. The number of halogens is 1. The van der Waals surface area contributed by atoms with Crippen molar-refractivity contribution in [3.8, 4) is 11.1 Å². The zero-order valence-corrected chi connectivity index (χ0v) is 16.9. The van der Waals surface area contributed by atoms with Gasteiger partial charge in [0, 0.05) is 22.8 Å². The number of rotatable bonds is 4. The van der Waals surface area contributed by atoms with Crippen molar-refractivity contribution in [2.45, 2.75) is 32.9 Å². The number of hydrogen-bond donors (Lipinski definition) is 1. The van der Waals surface area contributed by atoms with Crippen molar-refractivity contribution in [3.05, 3.63) is 77.8 Å². The smallest absolute Gasteiger partial charge is 0.146 e. The average molecular weight is 395 g/mol. The SMILES string of the molecule is CC(C)(C)C(O)(Cn1cccn1)c1cc2cc(-c3ccc(Cl)cc3)ccc2o1. The normalized spacial score (nSPS) is 14.3. The van der Waals surface area contributed by atoms with Gasteiger partial charge in [0.2, 0.25) is 0 Å². The fraction of sp³-hybridized carbons (Fsp3) is 0.261. The summed E-state index contributed by atoms with van der Waals surface area (Å²) in [6.07, 6.45) is 3.55. The summed E-state index contributed by atoms with van der Waals surface area (Å²) in [5, 5.41) is 17.6. The van der Waals surface area contributed by atoms with E-state index in [0.29, 0.717) is 17.3 Å². The van der Waals surface area contributed by atoms with Crippen molar-refractivity contribution in [1.82, 2.24) is 9.78 Å². The van der Waals surface area contributed by atoms with E-state index >= 15 is 0 Å². The number of fused-ring (bicyclic) bond motifs is 1. The molecular weight excluding hydrogens is 372 g/mol. The number of benzene rings is 2. The molecule has 28 heavy (non-hydrogen) atoms. The number of aliphatic hydroxyl groups is 1. The van der Waals surface area contributed by atoms with Crippen LogP contribution in [0.25, 0.3) is 22.1 Å². The van der Waals surface area contributed by atoms with Crippen LogP contribution in [0.2, 0.25) is 5.02 Å². The zero-order chi connectivity index (χ0) is 19.9. The van der Waals surface area contributed by atoms with Crippen LogP contribution in [0.3, 0.4) is 0 Å². The first kappa shape index (κ1) is 18.8. The van der Waals surface area contributed by atoms with Crippen molar-refractivity contribution in [2.75, 3.05) is 0 Å². The van der Waals surface area contributed by atoms with Crippen LogP contribution in [0, 0.1) is 5.41 Å². The van der Waals surface area contributed by atoms with Crippen LogP contribution in [0.4, 0.5) is 0 Å². The summed E-state index contributed by atoms with van der Waals surface area (Å²) in [5.41, 5.74) is 1.24. The lowest BCUT2D eigenvalue weighted by atomic mass is 9.74. The average Bonchev–Trinajstić information content (AvgIpc) is 3.30. The van der Waals surface area contributed by atoms with Gasteiger partial charge >= 0.3 is 0 Å². The molecule has 4 nitrogen and oxygen atoms in total. The summed E-state index contributed by atoms with van der Waals surface area (Å²) in [6, 6.07) is 17.6. The van der Waals surface area contributed by atoms with Gasteiger partial charge in [-0.05, 0) is 52.9 Å². The van der Waals surface area contributed by atoms with E-state index in [4.69, 9.17) is 16.0 Å². The molecule has 0 aliphatic heterocycles. The van der Waals surface area contributed by atoms with Gasteiger partial charge in [-0.15, -0.1) is 0 Å². The van der Waals surface area contributed by atoms with E-state index in [1.807, 2.05) is 75.5 Å². The van der Waals surface area contributed by atoms with Crippen LogP contribution < -0.4 is 0 Å². The molecule has 0 saturated carbocycles. The Morgan fingerprint density at radius 2 is 1.75 bits per heavy atom. The minimum absolute atomic E-state index is 0.313. The summed E-state index contributed by atoms with van der Waals surface area (Å²) < 4.78 is 7.84. The van der Waals surface area contributed by atoms with Gasteiger partial charge in [-0.1, -0.05) is 50.6 Å². The Bertz CT molecular complexity index is 1090. The van der Waals surface area contributed by atoms with Crippen molar-refractivity contribution in [3.63, 3.8) is 0 Å². The first-order valence-corrected chi connectivity index (χ1v) is 9.64. The Kier molecular flexibility index (Phi) is 4.56. The molecule has 5 heteroatoms. The molecule has 2 aromatic heterocycles. The maximum atomic E-state index is 11.6. The van der Waals surface area contributed by atoms with Gasteiger partial charge in [0.05, 0.1) is 6.54 Å². The molecule has 4 aromatic rings. The quantitative estimate of drug-likeness (QED) is 0.470. The summed E-state index contributed by atoms with van der Waals surface area (Å²) in [4.78, 5) is 0. The van der Waals surface area contributed by atoms with E-state index in [-0.39, 0.29) is 0 Å². The lowest BCUT2D eigenvalue weighted by Gasteiger charge is -2.38. The minimum atomic E-state index is -1.21. The van der Waals surface area contributed by atoms with Gasteiger partial charge in [0.25, 0.3) is 0 Å². The third-order valence-electron chi connectivity index (χ3n) is 5.29. The predicted molar refractivity (Wildman–Crippen MR) is 112 cm³/mol. The maximum Gasteiger partial charge on any atom is 0.146 e. The highest BCUT2D eigenvalue weighted by atomic mass is 35.5. The number of nitrogens with zero attached hydrogens (tertiary/aromatic N) is 2. The highest BCUT2D eigenvalue weighted by Gasteiger charge is 2.45. The van der Waals surface area contributed by atoms with Crippen molar-refractivity contribution >= 4 is 22.6 Å². The van der Waals surface area contributed by atoms with Crippen molar-refractivity contribution in [1.29, 1.82) is 0 Å². The molecule has 1 atom stereocenters. The summed E-state index contributed by atoms with van der Waals surface area (Å²) >= 11 is 6.00. The first-order valence-electron chi connectivity index (χ1n) is 9.26. The lowest BCUT2D eigenvalue weighted by Crippen LogP contribution is -2.43. The van der Waals surface area contributed by atoms with E-state index in [0.717, 1.165) is 22.1 Å². The molecule has 2 aromatic carbocycles. The molecule has 0 amide bonds. The van der Waals surface area contributed by atoms with Crippen LogP contribution >= 0.6 is 11.6 Å². The van der Waals surface area contributed by atoms with E-state index < -0.39 is 11.0 Å². The molecule has 0 saturated heterocycles. The molecule has 0 bridgehead atoms. The molecular formula is C23H23ClN2O2. The van der Waals surface area contributed by atoms with Crippen LogP contribution in [0.5, 0.6) is 0 Å². The lowest BCUT2D eigenvalue weighted by molar-refractivity contribution is -0.0948. The first-order chi connectivity index (χ1) is 13.3. The maximum absolute atomic E-state index is 11.6. The molecule has 0 aliphatic rings. The van der Waals surface area contributed by atoms with E-state index in [1.54, 1.807) is 10.9 Å². The Morgan fingerprint density at radius 1 is 1.04 bits per heavy atom. The Morgan fingerprint density at radius 3 is 2.39 bits per heavy atom. The second-order valence-corrected chi connectivity index (χ2v) is 8.62. The van der Waals surface area contributed by atoms with Gasteiger partial charge < -0.3 is 9.52 Å². The third-order valence-corrected chi connectivity index (χ3v) is 5.54. The molecule has 0 radical (unpaired) electrons. The molecule has 0 aliphatic carbocycles. The predicted octanol–water partition coefficient (Wildman–Crippen LogP) is 5.88. The third kappa shape index (κ3) is 3.34. The summed E-state index contributed by atoms with van der Waals surface area (Å²) in [6.45, 7) is 6.32. The number of furan rings is 1. The molecule has 1 unspecified atom stereocenters. The summed E-state index contributed by atoms with van der Waals surface area (Å²) in [5.74, 6) is 0.541. The highest BCUT2D eigenvalue weighted by molar-refractivity contribution is 6.30. The topological polar surface area (TPSA) is 51.2 Å². The zero-order valence-electron chi connectivity index (χ0n) is 16.2. The molecule has 0 spiro atoms. The molecule has 1 N–H and O–H groups in total. The monoisotopic (exact) mass is 394 g/mol. The molecule has 2 heterocycles. The van der Waals surface area contributed by atoms with E-state index in [9.17, 15) is 5.11 Å². The van der Waals surface area contributed by atoms with Gasteiger partial charge in [-0.3, -0.25) is 4.68 Å². The fourth-order valence-corrected chi connectivity index (χ4v) is 3.51. The van der Waals surface area contributed by atoms with Crippen LogP contribution in [-0.2, 0) is 12.1 Å². The van der Waals surface area contributed by atoms with Gasteiger partial charge in [0.15, 0.2) is 0 Å². The van der Waals surface area contributed by atoms with E-state index in [1.165, 1.54) is 0 Å². The minimum Gasteiger partial charge on any atom is -0.458 e. The van der Waals surface area contributed by atoms with Crippen LogP contribution in [0.15, 0.2) is 71.4 Å². The van der Waals surface area contributed by atoms with Crippen molar-refractivity contribution < 1.29 is 9.52 Å². The molecule has 4 rings (SSSR count). The largest absolute Gasteiger partial charge is 0.458 e. The number of aromatic nitrogens is 2. The Labute approximate surface area is 169 Å². The van der Waals surface area contributed by atoms with Gasteiger partial charge in [0.1, 0.15) is 16.9 Å². The van der Waals surface area contributed by atoms with Crippen LogP contribution in [-0.4, -0.2) is 14.9 Å². The van der Waals surface area contributed by atoms with E-state index in [2.05, 4.69) is 11.2 Å². The second kappa shape index (κ2) is 6.80. The molecule has 0 fully saturated rings. The Hall–Kier alpha value is -2.56. The highest BCUT2D eigenvalue weighted by Crippen LogP contribution is 2.43. The van der Waals surface area contributed by atoms with Gasteiger partial charge in [-0.25, -0.2) is 0 Å². The van der Waals surface area contributed by atoms with Gasteiger partial charge in [-0.2, -0.15) is 5.10 Å². The summed E-state index contributed by atoms with van der Waals surface area (Å²) in [7, 11) is 0. The van der Waals surface area contributed by atoms with Crippen LogP contribution in [0.1, 0.15) is 26.5 Å². The van der Waals surface area contributed by atoms with Crippen molar-refractivity contribution in [2.24, 2.45) is 5.41 Å². The Balaban J connectivity index is 1.77. The second-order valence-electron chi connectivity index (χ2n) is 8.18. The fourth-order valence-electron chi connectivity index (χ4n) is 3.38. The molecule has 144 valence electrons.